The maximum absolute atomic E-state index is 12.1. The number of carbonyl (C=O) groups excluding carboxylic acids is 1. The number of rotatable bonds is 4. The average Bonchev–Trinajstić information content (AvgIpc) is 3.08. The summed E-state index contributed by atoms with van der Waals surface area (Å²) in [6, 6.07) is 14.1. The minimum Gasteiger partial charge on any atom is -1.00 e. The van der Waals surface area contributed by atoms with Crippen molar-refractivity contribution in [3.63, 3.8) is 0 Å². The number of piperazine rings is 1. The van der Waals surface area contributed by atoms with Crippen LogP contribution in [0, 0.1) is 0 Å². The lowest BCUT2D eigenvalue weighted by molar-refractivity contribution is -0.127. The van der Waals surface area contributed by atoms with E-state index < -0.39 is 0 Å². The average molecular weight is 332 g/mol. The quantitative estimate of drug-likeness (QED) is 0.718. The van der Waals surface area contributed by atoms with Gasteiger partial charge in [0.05, 0.1) is 6.26 Å². The molecule has 1 amide bonds. The van der Waals surface area contributed by atoms with E-state index in [2.05, 4.69) is 29.2 Å². The first-order chi connectivity index (χ1) is 10.8. The van der Waals surface area contributed by atoms with E-state index in [-0.39, 0.29) is 18.3 Å². The molecular formula is C18H20ClN2O2-. The number of nitrogens with zero attached hydrogens (tertiary/aromatic N) is 2. The first-order valence-corrected chi connectivity index (χ1v) is 7.58. The SMILES string of the molecule is O=C(/C=C/c1ccco1)N1CCN(Cc2ccccc2)CC1.[Cl-]. The van der Waals surface area contributed by atoms with Crippen LogP contribution in [0.25, 0.3) is 6.08 Å². The Morgan fingerprint density at radius 1 is 1.04 bits per heavy atom. The van der Waals surface area contributed by atoms with Crippen molar-refractivity contribution >= 4 is 12.0 Å². The highest BCUT2D eigenvalue weighted by Crippen LogP contribution is 2.09. The van der Waals surface area contributed by atoms with Crippen LogP contribution in [0.1, 0.15) is 11.3 Å². The predicted octanol–water partition coefficient (Wildman–Crippen LogP) is -0.359. The molecule has 0 bridgehead atoms. The van der Waals surface area contributed by atoms with Gasteiger partial charge in [0.2, 0.25) is 5.91 Å². The second kappa shape index (κ2) is 8.56. The third kappa shape index (κ3) is 4.98. The van der Waals surface area contributed by atoms with E-state index >= 15 is 0 Å². The minimum absolute atomic E-state index is 0. The summed E-state index contributed by atoms with van der Waals surface area (Å²) in [5, 5.41) is 0. The van der Waals surface area contributed by atoms with Crippen LogP contribution in [0.5, 0.6) is 0 Å². The Labute approximate surface area is 142 Å². The Morgan fingerprint density at radius 2 is 1.78 bits per heavy atom. The molecule has 0 spiro atoms. The third-order valence-corrected chi connectivity index (χ3v) is 3.87. The van der Waals surface area contributed by atoms with Crippen molar-refractivity contribution in [2.45, 2.75) is 6.54 Å². The van der Waals surface area contributed by atoms with Crippen molar-refractivity contribution < 1.29 is 21.6 Å². The van der Waals surface area contributed by atoms with E-state index in [9.17, 15) is 4.79 Å². The van der Waals surface area contributed by atoms with E-state index in [0.717, 1.165) is 32.7 Å². The molecule has 23 heavy (non-hydrogen) atoms. The standard InChI is InChI=1S/C18H20N2O2.ClH/c21-18(9-8-17-7-4-14-22-17)20-12-10-19(11-13-20)15-16-5-2-1-3-6-16;/h1-9,14H,10-13,15H2;1H/p-1/b9-8+;. The Balaban J connectivity index is 0.00000192. The molecule has 0 atom stereocenters. The monoisotopic (exact) mass is 331 g/mol. The van der Waals surface area contributed by atoms with Gasteiger partial charge in [-0.15, -0.1) is 0 Å². The Bertz CT molecular complexity index is 618. The van der Waals surface area contributed by atoms with Crippen LogP contribution in [0.3, 0.4) is 0 Å². The second-order valence-corrected chi connectivity index (χ2v) is 5.44. The Kier molecular flexibility index (Phi) is 6.44. The van der Waals surface area contributed by atoms with Gasteiger partial charge >= 0.3 is 0 Å². The molecule has 1 aromatic heterocycles. The normalized spacial score (nSPS) is 15.6. The minimum atomic E-state index is 0. The number of benzene rings is 1. The molecule has 0 aliphatic carbocycles. The van der Waals surface area contributed by atoms with Crippen LogP contribution in [-0.2, 0) is 11.3 Å². The molecule has 3 rings (SSSR count). The van der Waals surface area contributed by atoms with Gasteiger partial charge in [0.25, 0.3) is 0 Å². The van der Waals surface area contributed by atoms with E-state index in [1.807, 2.05) is 23.1 Å². The van der Waals surface area contributed by atoms with Crippen molar-refractivity contribution in [3.05, 3.63) is 66.1 Å². The van der Waals surface area contributed by atoms with Crippen LogP contribution in [0.4, 0.5) is 0 Å². The topological polar surface area (TPSA) is 36.7 Å². The van der Waals surface area contributed by atoms with Gasteiger partial charge < -0.3 is 21.7 Å². The molecule has 1 aliphatic rings. The lowest BCUT2D eigenvalue weighted by atomic mass is 10.2. The molecule has 5 heteroatoms. The summed E-state index contributed by atoms with van der Waals surface area (Å²) >= 11 is 0. The van der Waals surface area contributed by atoms with Crippen molar-refractivity contribution in [2.24, 2.45) is 0 Å². The lowest BCUT2D eigenvalue weighted by Crippen LogP contribution is -3.00. The maximum Gasteiger partial charge on any atom is 0.246 e. The van der Waals surface area contributed by atoms with E-state index in [4.69, 9.17) is 4.42 Å². The zero-order valence-electron chi connectivity index (χ0n) is 12.9. The van der Waals surface area contributed by atoms with Crippen LogP contribution in [0.15, 0.2) is 59.2 Å². The van der Waals surface area contributed by atoms with Crippen LogP contribution in [0.2, 0.25) is 0 Å². The lowest BCUT2D eigenvalue weighted by Gasteiger charge is -2.34. The smallest absolute Gasteiger partial charge is 0.246 e. The molecule has 0 saturated carbocycles. The highest BCUT2D eigenvalue weighted by atomic mass is 35.5. The number of halogens is 1. The fourth-order valence-corrected chi connectivity index (χ4v) is 2.61. The summed E-state index contributed by atoms with van der Waals surface area (Å²) in [7, 11) is 0. The van der Waals surface area contributed by atoms with Crippen molar-refractivity contribution in [2.75, 3.05) is 26.2 Å². The fourth-order valence-electron chi connectivity index (χ4n) is 2.61. The van der Waals surface area contributed by atoms with Crippen LogP contribution >= 0.6 is 0 Å². The second-order valence-electron chi connectivity index (χ2n) is 5.44. The summed E-state index contributed by atoms with van der Waals surface area (Å²) < 4.78 is 5.19. The maximum atomic E-state index is 12.1. The zero-order valence-corrected chi connectivity index (χ0v) is 13.7. The van der Waals surface area contributed by atoms with Crippen LogP contribution in [-0.4, -0.2) is 41.9 Å². The summed E-state index contributed by atoms with van der Waals surface area (Å²) in [6.45, 7) is 4.32. The summed E-state index contributed by atoms with van der Waals surface area (Å²) in [4.78, 5) is 16.4. The van der Waals surface area contributed by atoms with E-state index in [1.165, 1.54) is 5.56 Å². The summed E-state index contributed by atoms with van der Waals surface area (Å²) in [5.74, 6) is 0.756. The Hall–Kier alpha value is -2.04. The summed E-state index contributed by atoms with van der Waals surface area (Å²) in [6.07, 6.45) is 4.91. The van der Waals surface area contributed by atoms with Crippen molar-refractivity contribution in [3.8, 4) is 0 Å². The number of hydrogen-bond donors (Lipinski definition) is 0. The van der Waals surface area contributed by atoms with Gasteiger partial charge in [0, 0.05) is 38.8 Å². The molecule has 2 heterocycles. The van der Waals surface area contributed by atoms with E-state index in [1.54, 1.807) is 18.4 Å². The zero-order chi connectivity index (χ0) is 15.2. The van der Waals surface area contributed by atoms with E-state index in [0.29, 0.717) is 5.76 Å². The highest BCUT2D eigenvalue weighted by molar-refractivity contribution is 5.91. The molecule has 4 nitrogen and oxygen atoms in total. The number of carbonyl (C=O) groups is 1. The molecule has 0 radical (unpaired) electrons. The van der Waals surface area contributed by atoms with Gasteiger partial charge in [-0.1, -0.05) is 30.3 Å². The molecule has 1 fully saturated rings. The number of hydrogen-bond acceptors (Lipinski definition) is 3. The van der Waals surface area contributed by atoms with Gasteiger partial charge in [-0.05, 0) is 23.8 Å². The van der Waals surface area contributed by atoms with Crippen molar-refractivity contribution in [1.29, 1.82) is 0 Å². The number of amides is 1. The van der Waals surface area contributed by atoms with Gasteiger partial charge in [0.1, 0.15) is 5.76 Å². The third-order valence-electron chi connectivity index (χ3n) is 3.87. The van der Waals surface area contributed by atoms with Gasteiger partial charge in [-0.2, -0.15) is 0 Å². The molecule has 2 aromatic rings. The van der Waals surface area contributed by atoms with Crippen molar-refractivity contribution in [1.82, 2.24) is 9.80 Å². The molecule has 1 aliphatic heterocycles. The highest BCUT2D eigenvalue weighted by Gasteiger charge is 2.19. The van der Waals surface area contributed by atoms with Gasteiger partial charge in [-0.3, -0.25) is 9.69 Å². The molecule has 122 valence electrons. The predicted molar refractivity (Wildman–Crippen MR) is 86.0 cm³/mol. The molecule has 1 saturated heterocycles. The summed E-state index contributed by atoms with van der Waals surface area (Å²) in [5.41, 5.74) is 1.32. The Morgan fingerprint density at radius 3 is 2.43 bits per heavy atom. The molecule has 0 N–H and O–H groups in total. The molecule has 0 unspecified atom stereocenters. The molecular weight excluding hydrogens is 312 g/mol. The van der Waals surface area contributed by atoms with Crippen LogP contribution < -0.4 is 12.4 Å². The first kappa shape index (κ1) is 17.3. The first-order valence-electron chi connectivity index (χ1n) is 7.58. The molecule has 1 aromatic carbocycles. The van der Waals surface area contributed by atoms with Gasteiger partial charge in [-0.25, -0.2) is 0 Å². The number of furan rings is 1. The largest absolute Gasteiger partial charge is 1.00 e. The fraction of sp³-hybridized carbons (Fsp3) is 0.278. The van der Waals surface area contributed by atoms with Gasteiger partial charge in [0.15, 0.2) is 0 Å².